The van der Waals surface area contributed by atoms with Gasteiger partial charge >= 0.3 is 0 Å². The molecule has 0 bridgehead atoms. The fourth-order valence-corrected chi connectivity index (χ4v) is 4.11. The highest BCUT2D eigenvalue weighted by Gasteiger charge is 2.29. The topological polar surface area (TPSA) is 71.1 Å². The molecule has 29 heavy (non-hydrogen) atoms. The Morgan fingerprint density at radius 3 is 2.24 bits per heavy atom. The normalized spacial score (nSPS) is 14.9. The largest absolute Gasteiger partial charge is 0.493 e. The second-order valence-corrected chi connectivity index (χ2v) is 7.10. The van der Waals surface area contributed by atoms with Crippen molar-refractivity contribution >= 4 is 5.78 Å². The average Bonchev–Trinajstić information content (AvgIpc) is 2.95. The molecule has 1 aliphatic rings. The third-order valence-electron chi connectivity index (χ3n) is 5.38. The lowest BCUT2D eigenvalue weighted by atomic mass is 9.89. The van der Waals surface area contributed by atoms with Gasteiger partial charge in [-0.3, -0.25) is 4.79 Å². The molecular weight excluding hydrogens is 372 g/mol. The second kappa shape index (κ2) is 8.55. The average molecular weight is 398 g/mol. The number of carbonyl (C=O) groups is 1. The molecule has 154 valence electrons. The minimum atomic E-state index is -0.217. The van der Waals surface area contributed by atoms with Gasteiger partial charge in [0, 0.05) is 12.0 Å². The third-order valence-corrected chi connectivity index (χ3v) is 5.38. The summed E-state index contributed by atoms with van der Waals surface area (Å²) in [5.74, 6) is 1.87. The van der Waals surface area contributed by atoms with E-state index in [9.17, 15) is 9.59 Å². The van der Waals surface area contributed by atoms with Gasteiger partial charge in [-0.2, -0.15) is 0 Å². The first-order chi connectivity index (χ1) is 13.9. The maximum Gasteiger partial charge on any atom is 0.220 e. The number of benzene rings is 1. The van der Waals surface area contributed by atoms with Crippen LogP contribution < -0.4 is 24.4 Å². The molecule has 0 spiro atoms. The number of aryl methyl sites for hydroxylation is 1. The zero-order valence-electron chi connectivity index (χ0n) is 17.5. The van der Waals surface area contributed by atoms with E-state index in [2.05, 4.69) is 0 Å². The van der Waals surface area contributed by atoms with Crippen molar-refractivity contribution in [3.8, 4) is 34.1 Å². The number of ether oxygens (including phenoxy) is 4. The first-order valence-corrected chi connectivity index (χ1v) is 9.49. The van der Waals surface area contributed by atoms with Crippen LogP contribution in [0.3, 0.4) is 0 Å². The molecule has 0 amide bonds. The summed E-state index contributed by atoms with van der Waals surface area (Å²) < 4.78 is 22.1. The van der Waals surface area contributed by atoms with E-state index in [0.29, 0.717) is 30.1 Å². The molecule has 0 saturated carbocycles. The Labute approximate surface area is 170 Å². The van der Waals surface area contributed by atoms with E-state index in [4.69, 9.17) is 18.9 Å². The van der Waals surface area contributed by atoms with Gasteiger partial charge in [-0.15, -0.1) is 0 Å². The zero-order chi connectivity index (χ0) is 21.1. The minimum Gasteiger partial charge on any atom is -0.493 e. The lowest BCUT2D eigenvalue weighted by Gasteiger charge is -2.19. The molecule has 0 saturated heterocycles. The highest BCUT2D eigenvalue weighted by atomic mass is 16.5. The van der Waals surface area contributed by atoms with Crippen LogP contribution in [0.1, 0.15) is 36.8 Å². The van der Waals surface area contributed by atoms with E-state index >= 15 is 0 Å². The van der Waals surface area contributed by atoms with Crippen molar-refractivity contribution in [3.63, 3.8) is 0 Å². The zero-order valence-corrected chi connectivity index (χ0v) is 17.5. The van der Waals surface area contributed by atoms with Crippen LogP contribution >= 0.6 is 0 Å². The lowest BCUT2D eigenvalue weighted by molar-refractivity contribution is -0.117. The van der Waals surface area contributed by atoms with Gasteiger partial charge in [-0.05, 0) is 60.6 Å². The van der Waals surface area contributed by atoms with Crippen molar-refractivity contribution in [2.75, 3.05) is 28.4 Å². The monoisotopic (exact) mass is 398 g/mol. The summed E-state index contributed by atoms with van der Waals surface area (Å²) in [5, 5.41) is 0. The molecular formula is C23H26O6. The summed E-state index contributed by atoms with van der Waals surface area (Å²) in [6.45, 7) is 1.58. The van der Waals surface area contributed by atoms with Crippen LogP contribution in [0.25, 0.3) is 11.1 Å². The van der Waals surface area contributed by atoms with Crippen LogP contribution in [-0.4, -0.2) is 34.2 Å². The highest BCUT2D eigenvalue weighted by Crippen LogP contribution is 2.50. The Bertz CT molecular complexity index is 995. The number of hydrogen-bond donors (Lipinski definition) is 0. The molecule has 0 heterocycles. The number of fused-ring (bicyclic) bond motifs is 3. The van der Waals surface area contributed by atoms with Gasteiger partial charge in [0.15, 0.2) is 17.2 Å². The Morgan fingerprint density at radius 2 is 1.66 bits per heavy atom. The number of Topliss-reactive ketones (excluding diaryl/α,β-unsaturated/α-hetero) is 1. The van der Waals surface area contributed by atoms with Gasteiger partial charge in [0.2, 0.25) is 11.2 Å². The summed E-state index contributed by atoms with van der Waals surface area (Å²) in [7, 11) is 6.20. The van der Waals surface area contributed by atoms with Crippen molar-refractivity contribution in [1.29, 1.82) is 0 Å². The van der Waals surface area contributed by atoms with Gasteiger partial charge in [-0.25, -0.2) is 0 Å². The summed E-state index contributed by atoms with van der Waals surface area (Å²) in [5.41, 5.74) is 3.30. The van der Waals surface area contributed by atoms with E-state index in [-0.39, 0.29) is 22.9 Å². The lowest BCUT2D eigenvalue weighted by Crippen LogP contribution is -2.08. The van der Waals surface area contributed by atoms with E-state index in [1.807, 2.05) is 12.1 Å². The quantitative estimate of drug-likeness (QED) is 0.738. The van der Waals surface area contributed by atoms with Gasteiger partial charge < -0.3 is 23.7 Å². The van der Waals surface area contributed by atoms with Crippen molar-refractivity contribution in [2.24, 2.45) is 0 Å². The Kier molecular flexibility index (Phi) is 6.11. The van der Waals surface area contributed by atoms with Crippen molar-refractivity contribution in [1.82, 2.24) is 0 Å². The fraction of sp³-hybridized carbons (Fsp3) is 0.391. The summed E-state index contributed by atoms with van der Waals surface area (Å²) >= 11 is 0. The van der Waals surface area contributed by atoms with Gasteiger partial charge in [0.05, 0.1) is 28.4 Å². The molecule has 0 fully saturated rings. The molecule has 6 heteroatoms. The van der Waals surface area contributed by atoms with Crippen molar-refractivity contribution < 1.29 is 23.7 Å². The second-order valence-electron chi connectivity index (χ2n) is 7.10. The first-order valence-electron chi connectivity index (χ1n) is 9.49. The number of ketones is 1. The molecule has 6 nitrogen and oxygen atoms in total. The van der Waals surface area contributed by atoms with E-state index in [1.165, 1.54) is 7.11 Å². The Morgan fingerprint density at radius 1 is 0.966 bits per heavy atom. The SMILES string of the molecule is COc1cc2c(c(OC)c1OC)-c1ccc(OC)c(=O)cc1[C@@H](CC(C)=O)CC2. The van der Waals surface area contributed by atoms with E-state index in [1.54, 1.807) is 40.4 Å². The maximum absolute atomic E-state index is 12.7. The molecule has 0 unspecified atom stereocenters. The predicted molar refractivity (Wildman–Crippen MR) is 111 cm³/mol. The Hall–Kier alpha value is -3.02. The van der Waals surface area contributed by atoms with Crippen LogP contribution in [0.4, 0.5) is 0 Å². The predicted octanol–water partition coefficient (Wildman–Crippen LogP) is 3.76. The molecule has 0 aliphatic heterocycles. The third kappa shape index (κ3) is 3.79. The van der Waals surface area contributed by atoms with Crippen LogP contribution in [-0.2, 0) is 11.2 Å². The minimum absolute atomic E-state index is 0.0820. The maximum atomic E-state index is 12.7. The molecule has 2 aromatic rings. The van der Waals surface area contributed by atoms with Crippen molar-refractivity contribution in [3.05, 3.63) is 45.6 Å². The molecule has 1 aliphatic carbocycles. The van der Waals surface area contributed by atoms with E-state index in [0.717, 1.165) is 28.7 Å². The molecule has 3 rings (SSSR count). The standard InChI is InChI=1S/C23H26O6/c1-13(24)10-14-6-7-15-11-20(27-3)22(28-4)23(29-5)21(15)16-8-9-19(26-2)18(25)12-17(14)16/h8-9,11-12,14H,6-7,10H2,1-5H3/t14-/m1/s1. The summed E-state index contributed by atoms with van der Waals surface area (Å²) in [4.78, 5) is 24.6. The van der Waals surface area contributed by atoms with Crippen LogP contribution in [0.5, 0.6) is 23.0 Å². The first kappa shape index (κ1) is 20.7. The number of rotatable bonds is 6. The number of carbonyl (C=O) groups excluding carboxylic acids is 1. The van der Waals surface area contributed by atoms with Gasteiger partial charge in [-0.1, -0.05) is 6.07 Å². The molecule has 0 aromatic heterocycles. The van der Waals surface area contributed by atoms with Crippen LogP contribution in [0.15, 0.2) is 29.1 Å². The molecule has 1 atom stereocenters. The van der Waals surface area contributed by atoms with Crippen LogP contribution in [0.2, 0.25) is 0 Å². The van der Waals surface area contributed by atoms with E-state index < -0.39 is 0 Å². The fourth-order valence-electron chi connectivity index (χ4n) is 4.11. The summed E-state index contributed by atoms with van der Waals surface area (Å²) in [6, 6.07) is 7.06. The highest BCUT2D eigenvalue weighted by molar-refractivity contribution is 5.84. The Balaban J connectivity index is 2.41. The molecule has 0 N–H and O–H groups in total. The molecule has 2 aromatic carbocycles. The summed E-state index contributed by atoms with van der Waals surface area (Å²) in [6.07, 6.45) is 1.81. The van der Waals surface area contributed by atoms with Crippen molar-refractivity contribution in [2.45, 2.75) is 32.1 Å². The van der Waals surface area contributed by atoms with Crippen LogP contribution in [0, 0.1) is 0 Å². The number of methoxy groups -OCH3 is 4. The number of hydrogen-bond acceptors (Lipinski definition) is 6. The van der Waals surface area contributed by atoms with Gasteiger partial charge in [0.25, 0.3) is 0 Å². The smallest absolute Gasteiger partial charge is 0.220 e. The van der Waals surface area contributed by atoms with Gasteiger partial charge in [0.1, 0.15) is 5.78 Å². The molecule has 0 radical (unpaired) electrons.